The summed E-state index contributed by atoms with van der Waals surface area (Å²) in [6.07, 6.45) is 0. The smallest absolute Gasteiger partial charge is 0.165 e. The van der Waals surface area contributed by atoms with Crippen molar-refractivity contribution in [2.24, 2.45) is 0 Å². The molecule has 7 aromatic carbocycles. The molecule has 3 heterocycles. The minimum atomic E-state index is 0.607. The van der Waals surface area contributed by atoms with Gasteiger partial charge in [-0.2, -0.15) is 0 Å². The van der Waals surface area contributed by atoms with E-state index in [1.54, 1.807) is 11.3 Å². The SMILES string of the molecule is c1ccc(-c2nc(-c3c(-c4ccc5ccccc5c4)ccc4oc5ccccc5c34)nc(-c3cccc4sc5ccccc5c34)n2)cc1. The van der Waals surface area contributed by atoms with Crippen molar-refractivity contribution in [3.05, 3.63) is 152 Å². The molecule has 10 rings (SSSR count). The van der Waals surface area contributed by atoms with Crippen LogP contribution >= 0.6 is 11.3 Å². The van der Waals surface area contributed by atoms with Gasteiger partial charge in [-0.3, -0.25) is 0 Å². The Morgan fingerprint density at radius 1 is 0.417 bits per heavy atom. The molecule has 0 radical (unpaired) electrons. The summed E-state index contributed by atoms with van der Waals surface area (Å²) < 4.78 is 8.88. The molecule has 0 saturated heterocycles. The normalized spacial score (nSPS) is 11.8. The molecule has 4 nitrogen and oxygen atoms in total. The number of hydrogen-bond donors (Lipinski definition) is 0. The van der Waals surface area contributed by atoms with Gasteiger partial charge in [-0.05, 0) is 58.3 Å². The predicted octanol–water partition coefficient (Wildman–Crippen LogP) is 12.0. The Balaban J connectivity index is 1.33. The van der Waals surface area contributed by atoms with Crippen molar-refractivity contribution in [1.82, 2.24) is 15.0 Å². The number of furan rings is 1. The van der Waals surface area contributed by atoms with Crippen LogP contribution in [0.5, 0.6) is 0 Å². The second-order valence-electron chi connectivity index (χ2n) is 12.0. The molecule has 0 N–H and O–H groups in total. The third-order valence-electron chi connectivity index (χ3n) is 9.14. The van der Waals surface area contributed by atoms with E-state index in [0.717, 1.165) is 55.1 Å². The summed E-state index contributed by atoms with van der Waals surface area (Å²) in [7, 11) is 0. The Morgan fingerprint density at radius 3 is 2.06 bits per heavy atom. The van der Waals surface area contributed by atoms with Crippen molar-refractivity contribution in [1.29, 1.82) is 0 Å². The number of para-hydroxylation sites is 1. The summed E-state index contributed by atoms with van der Waals surface area (Å²) in [5.74, 6) is 1.87. The highest BCUT2D eigenvalue weighted by Crippen LogP contribution is 2.44. The molecule has 0 fully saturated rings. The molecule has 224 valence electrons. The fourth-order valence-electron chi connectivity index (χ4n) is 6.93. The number of benzene rings is 7. The van der Waals surface area contributed by atoms with Crippen LogP contribution in [0.4, 0.5) is 0 Å². The molecule has 3 aromatic heterocycles. The van der Waals surface area contributed by atoms with Crippen molar-refractivity contribution >= 4 is 64.2 Å². The molecule has 0 aliphatic carbocycles. The summed E-state index contributed by atoms with van der Waals surface area (Å²) in [6.45, 7) is 0. The molecule has 0 spiro atoms. The predicted molar refractivity (Wildman–Crippen MR) is 199 cm³/mol. The van der Waals surface area contributed by atoms with E-state index in [2.05, 4.69) is 121 Å². The van der Waals surface area contributed by atoms with E-state index in [1.165, 1.54) is 25.6 Å². The first-order valence-electron chi connectivity index (χ1n) is 15.9. The number of aromatic nitrogens is 3. The quantitative estimate of drug-likeness (QED) is 0.194. The van der Waals surface area contributed by atoms with Gasteiger partial charge in [-0.1, -0.05) is 115 Å². The molecule has 5 heteroatoms. The summed E-state index contributed by atoms with van der Waals surface area (Å²) >= 11 is 1.79. The van der Waals surface area contributed by atoms with Gasteiger partial charge in [0.25, 0.3) is 0 Å². The zero-order valence-electron chi connectivity index (χ0n) is 25.6. The van der Waals surface area contributed by atoms with Crippen LogP contribution < -0.4 is 0 Å². The molecule has 0 aliphatic heterocycles. The molecule has 0 unspecified atom stereocenters. The summed E-state index contributed by atoms with van der Waals surface area (Å²) in [4.78, 5) is 15.8. The van der Waals surface area contributed by atoms with E-state index in [9.17, 15) is 0 Å². The highest BCUT2D eigenvalue weighted by Gasteiger charge is 2.23. The Morgan fingerprint density at radius 2 is 1.15 bits per heavy atom. The zero-order valence-corrected chi connectivity index (χ0v) is 26.4. The van der Waals surface area contributed by atoms with Gasteiger partial charge in [0.05, 0.1) is 0 Å². The van der Waals surface area contributed by atoms with E-state index in [1.807, 2.05) is 30.3 Å². The second-order valence-corrected chi connectivity index (χ2v) is 13.1. The highest BCUT2D eigenvalue weighted by molar-refractivity contribution is 7.25. The molecule has 48 heavy (non-hydrogen) atoms. The maximum atomic E-state index is 6.43. The van der Waals surface area contributed by atoms with Crippen LogP contribution in [-0.2, 0) is 0 Å². The lowest BCUT2D eigenvalue weighted by atomic mass is 9.93. The zero-order chi connectivity index (χ0) is 31.6. The molecular formula is C43H25N3OS. The summed E-state index contributed by atoms with van der Waals surface area (Å²) in [5, 5.41) is 6.76. The van der Waals surface area contributed by atoms with Crippen molar-refractivity contribution in [3.8, 4) is 45.3 Å². The van der Waals surface area contributed by atoms with Crippen molar-refractivity contribution < 1.29 is 4.42 Å². The third kappa shape index (κ3) is 4.25. The summed E-state index contributed by atoms with van der Waals surface area (Å²) in [5.41, 5.74) is 6.60. The monoisotopic (exact) mass is 631 g/mol. The first kappa shape index (κ1) is 27.0. The Kier molecular flexibility index (Phi) is 6.01. The highest BCUT2D eigenvalue weighted by atomic mass is 32.1. The second kappa shape index (κ2) is 10.7. The molecule has 0 amide bonds. The fraction of sp³-hybridized carbons (Fsp3) is 0. The minimum Gasteiger partial charge on any atom is -0.456 e. The number of fused-ring (bicyclic) bond motifs is 7. The fourth-order valence-corrected chi connectivity index (χ4v) is 8.06. The van der Waals surface area contributed by atoms with Gasteiger partial charge in [0, 0.05) is 47.6 Å². The minimum absolute atomic E-state index is 0.607. The van der Waals surface area contributed by atoms with Gasteiger partial charge in [0.1, 0.15) is 11.2 Å². The molecule has 0 aliphatic rings. The van der Waals surface area contributed by atoms with Crippen LogP contribution in [-0.4, -0.2) is 15.0 Å². The number of thiophene rings is 1. The standard InChI is InChI=1S/C43H25N3OS/c1-2-12-27(13-3-1)41-44-42(33-17-10-20-37-38(33)32-16-7-9-19-36(32)48-37)46-43(45-41)40-30(29-22-21-26-11-4-5-14-28(26)25-29)23-24-35-39(40)31-15-6-8-18-34(31)47-35/h1-25H. The van der Waals surface area contributed by atoms with Gasteiger partial charge >= 0.3 is 0 Å². The average molecular weight is 632 g/mol. The first-order chi connectivity index (χ1) is 23.8. The van der Waals surface area contributed by atoms with E-state index < -0.39 is 0 Å². The van der Waals surface area contributed by atoms with Gasteiger partial charge in [0.2, 0.25) is 0 Å². The van der Waals surface area contributed by atoms with Crippen molar-refractivity contribution in [3.63, 3.8) is 0 Å². The van der Waals surface area contributed by atoms with Crippen LogP contribution in [0.25, 0.3) is 98.2 Å². The van der Waals surface area contributed by atoms with Gasteiger partial charge in [-0.25, -0.2) is 15.0 Å². The Hall–Kier alpha value is -6.17. The number of rotatable bonds is 4. The molecular weight excluding hydrogens is 607 g/mol. The topological polar surface area (TPSA) is 51.8 Å². The Bertz CT molecular complexity index is 2850. The number of nitrogens with zero attached hydrogens (tertiary/aromatic N) is 3. The first-order valence-corrected chi connectivity index (χ1v) is 16.8. The van der Waals surface area contributed by atoms with Gasteiger partial charge in [0.15, 0.2) is 17.5 Å². The lowest BCUT2D eigenvalue weighted by Gasteiger charge is -2.14. The average Bonchev–Trinajstić information content (AvgIpc) is 3.73. The molecule has 0 bridgehead atoms. The van der Waals surface area contributed by atoms with Crippen LogP contribution in [0.2, 0.25) is 0 Å². The van der Waals surface area contributed by atoms with Crippen molar-refractivity contribution in [2.45, 2.75) is 0 Å². The lowest BCUT2D eigenvalue weighted by molar-refractivity contribution is 0.669. The van der Waals surface area contributed by atoms with Gasteiger partial charge < -0.3 is 4.42 Å². The van der Waals surface area contributed by atoms with Gasteiger partial charge in [-0.15, -0.1) is 11.3 Å². The van der Waals surface area contributed by atoms with Crippen LogP contribution in [0.15, 0.2) is 156 Å². The van der Waals surface area contributed by atoms with Crippen LogP contribution in [0.3, 0.4) is 0 Å². The van der Waals surface area contributed by atoms with E-state index in [4.69, 9.17) is 19.4 Å². The molecule has 10 aromatic rings. The van der Waals surface area contributed by atoms with Crippen LogP contribution in [0.1, 0.15) is 0 Å². The van der Waals surface area contributed by atoms with E-state index in [0.29, 0.717) is 17.5 Å². The van der Waals surface area contributed by atoms with Crippen LogP contribution in [0, 0.1) is 0 Å². The third-order valence-corrected chi connectivity index (χ3v) is 10.3. The largest absolute Gasteiger partial charge is 0.456 e. The molecule has 0 saturated carbocycles. The number of hydrogen-bond acceptors (Lipinski definition) is 5. The Labute approximate surface area is 279 Å². The van der Waals surface area contributed by atoms with Crippen molar-refractivity contribution in [2.75, 3.05) is 0 Å². The lowest BCUT2D eigenvalue weighted by Crippen LogP contribution is -2.01. The maximum Gasteiger partial charge on any atom is 0.165 e. The maximum absolute atomic E-state index is 6.43. The van der Waals surface area contributed by atoms with E-state index >= 15 is 0 Å². The summed E-state index contributed by atoms with van der Waals surface area (Å²) in [6, 6.07) is 52.6. The van der Waals surface area contributed by atoms with E-state index in [-0.39, 0.29) is 0 Å². The molecule has 0 atom stereocenters.